The molecule has 0 fully saturated rings. The maximum Gasteiger partial charge on any atom is 0.354 e. The molecule has 0 radical (unpaired) electrons. The molecule has 8 heteroatoms. The minimum absolute atomic E-state index is 0.00579. The largest absolute Gasteiger partial charge is 0.354 e. The van der Waals surface area contributed by atoms with Crippen LogP contribution in [0.4, 0.5) is 14.5 Å². The van der Waals surface area contributed by atoms with Crippen LogP contribution in [0.3, 0.4) is 0 Å². The number of hydrogen-bond donors (Lipinski definition) is 0. The molecule has 1 aromatic carbocycles. The molecule has 0 N–H and O–H groups in total. The molecule has 0 amide bonds. The van der Waals surface area contributed by atoms with Gasteiger partial charge in [0, 0.05) is 5.02 Å². The van der Waals surface area contributed by atoms with Crippen LogP contribution in [-0.2, 0) is 4.84 Å². The Hall–Kier alpha value is -2.02. The van der Waals surface area contributed by atoms with Gasteiger partial charge in [0.1, 0.15) is 18.1 Å². The van der Waals surface area contributed by atoms with E-state index < -0.39 is 17.3 Å². The van der Waals surface area contributed by atoms with Gasteiger partial charge in [-0.05, 0) is 12.1 Å². The third-order valence-electron chi connectivity index (χ3n) is 2.16. The van der Waals surface area contributed by atoms with Gasteiger partial charge in [0.2, 0.25) is 0 Å². The van der Waals surface area contributed by atoms with Crippen LogP contribution in [0.25, 0.3) is 5.69 Å². The number of aromatic nitrogens is 2. The monoisotopic (exact) mass is 274 g/mol. The maximum atomic E-state index is 13.6. The highest BCUT2D eigenvalue weighted by atomic mass is 35.5. The fourth-order valence-corrected chi connectivity index (χ4v) is 1.58. The molecular formula is C10H7ClF2N3O2+. The Labute approximate surface area is 105 Å². The minimum atomic E-state index is -0.885. The zero-order valence-electron chi connectivity index (χ0n) is 9.10. The van der Waals surface area contributed by atoms with Gasteiger partial charge in [-0.15, -0.1) is 0 Å². The summed E-state index contributed by atoms with van der Waals surface area (Å²) < 4.78 is 28.1. The Morgan fingerprint density at radius 1 is 1.39 bits per heavy atom. The van der Waals surface area contributed by atoms with Crippen LogP contribution in [-0.4, -0.2) is 21.8 Å². The quantitative estimate of drug-likeness (QED) is 0.809. The number of rotatable bonds is 3. The summed E-state index contributed by atoms with van der Waals surface area (Å²) >= 11 is 5.50. The second-order valence-corrected chi connectivity index (χ2v) is 3.74. The molecule has 0 aliphatic rings. The summed E-state index contributed by atoms with van der Waals surface area (Å²) in [5.41, 5.74) is -0.415. The third kappa shape index (κ3) is 2.17. The molecule has 2 rings (SSSR count). The van der Waals surface area contributed by atoms with E-state index in [0.717, 1.165) is 36.3 Å². The van der Waals surface area contributed by atoms with Crippen LogP contribution in [0.15, 0.2) is 24.5 Å². The first-order valence-electron chi connectivity index (χ1n) is 4.74. The van der Waals surface area contributed by atoms with Crippen molar-refractivity contribution in [3.8, 4) is 5.69 Å². The van der Waals surface area contributed by atoms with E-state index >= 15 is 0 Å². The van der Waals surface area contributed by atoms with Crippen LogP contribution in [0.2, 0.25) is 5.02 Å². The van der Waals surface area contributed by atoms with Crippen LogP contribution in [0.1, 0.15) is 0 Å². The van der Waals surface area contributed by atoms with Crippen LogP contribution < -0.4 is 0 Å². The Morgan fingerprint density at radius 3 is 2.56 bits per heavy atom. The van der Waals surface area contributed by atoms with Crippen molar-refractivity contribution < 1.29 is 18.5 Å². The summed E-state index contributed by atoms with van der Waals surface area (Å²) in [6.45, 7) is 0. The number of nitrogens with zero attached hydrogens (tertiary/aromatic N) is 3. The smallest absolute Gasteiger partial charge is 0.230 e. The van der Waals surface area contributed by atoms with Crippen molar-refractivity contribution in [3.63, 3.8) is 0 Å². The molecule has 5 nitrogen and oxygen atoms in total. The normalized spacial score (nSPS) is 10.4. The topological polar surface area (TPSA) is 47.1 Å². The van der Waals surface area contributed by atoms with Gasteiger partial charge in [0.15, 0.2) is 18.7 Å². The van der Waals surface area contributed by atoms with Crippen LogP contribution in [0.5, 0.6) is 0 Å². The molecule has 0 atom stereocenters. The lowest BCUT2D eigenvalue weighted by atomic mass is 10.3. The van der Waals surface area contributed by atoms with Gasteiger partial charge in [0.05, 0.1) is 4.91 Å². The number of halogens is 3. The molecule has 1 heterocycles. The lowest BCUT2D eigenvalue weighted by Crippen LogP contribution is -2.02. The highest BCUT2D eigenvalue weighted by Gasteiger charge is 2.21. The summed E-state index contributed by atoms with van der Waals surface area (Å²) in [6, 6.07) is 1.90. The number of hydrogen-bond acceptors (Lipinski definition) is 3. The Kier molecular flexibility index (Phi) is 3.24. The highest BCUT2D eigenvalue weighted by molar-refractivity contribution is 6.30. The fraction of sp³-hybridized carbons (Fsp3) is 0.100. The van der Waals surface area contributed by atoms with Crippen molar-refractivity contribution in [2.24, 2.45) is 0 Å². The van der Waals surface area contributed by atoms with E-state index in [4.69, 9.17) is 11.6 Å². The molecule has 1 aromatic heterocycles. The maximum absolute atomic E-state index is 13.6. The molecule has 0 bridgehead atoms. The summed E-state index contributed by atoms with van der Waals surface area (Å²) in [7, 11) is 1.16. The standard InChI is InChI=1S/C10H7ClF2N3O2/c1-18-16(17)7-4-14-15(5-7)10-8(12)2-6(11)3-9(10)13/h2-5H,1H3/q+1. The molecule has 94 valence electrons. The fourth-order valence-electron chi connectivity index (χ4n) is 1.39. The van der Waals surface area contributed by atoms with E-state index in [1.807, 2.05) is 0 Å². The number of benzene rings is 1. The van der Waals surface area contributed by atoms with Crippen molar-refractivity contribution in [3.05, 3.63) is 46.1 Å². The van der Waals surface area contributed by atoms with Crippen molar-refractivity contribution in [1.29, 1.82) is 0 Å². The van der Waals surface area contributed by atoms with Crippen molar-refractivity contribution in [1.82, 2.24) is 9.78 Å². The molecule has 0 spiro atoms. The molecule has 0 unspecified atom stereocenters. The molecular weight excluding hydrogens is 268 g/mol. The van der Waals surface area contributed by atoms with Gasteiger partial charge < -0.3 is 0 Å². The van der Waals surface area contributed by atoms with E-state index in [-0.39, 0.29) is 15.6 Å². The summed E-state index contributed by atoms with van der Waals surface area (Å²) in [4.78, 5) is 15.7. The molecule has 0 aliphatic heterocycles. The van der Waals surface area contributed by atoms with E-state index in [2.05, 4.69) is 9.94 Å². The molecule has 2 aromatic rings. The average molecular weight is 275 g/mol. The van der Waals surface area contributed by atoms with Crippen molar-refractivity contribution in [2.75, 3.05) is 7.11 Å². The Morgan fingerprint density at radius 2 is 2.00 bits per heavy atom. The summed E-state index contributed by atoms with van der Waals surface area (Å²) in [5, 5.41) is 3.61. The van der Waals surface area contributed by atoms with Crippen molar-refractivity contribution >= 4 is 17.3 Å². The molecule has 0 aliphatic carbocycles. The highest BCUT2D eigenvalue weighted by Crippen LogP contribution is 2.23. The van der Waals surface area contributed by atoms with Gasteiger partial charge in [-0.1, -0.05) is 11.6 Å². The molecule has 0 saturated heterocycles. The Balaban J connectivity index is 2.49. The molecule has 18 heavy (non-hydrogen) atoms. The van der Waals surface area contributed by atoms with Gasteiger partial charge in [0.25, 0.3) is 4.92 Å². The molecule has 0 saturated carbocycles. The predicted octanol–water partition coefficient (Wildman–Crippen LogP) is 2.78. The average Bonchev–Trinajstić information content (AvgIpc) is 2.76. The van der Waals surface area contributed by atoms with E-state index in [1.165, 1.54) is 0 Å². The minimum Gasteiger partial charge on any atom is -0.230 e. The van der Waals surface area contributed by atoms with Crippen LogP contribution >= 0.6 is 11.6 Å². The van der Waals surface area contributed by atoms with E-state index in [9.17, 15) is 13.7 Å². The Bertz CT molecular complexity index is 592. The third-order valence-corrected chi connectivity index (χ3v) is 2.37. The second-order valence-electron chi connectivity index (χ2n) is 3.30. The lowest BCUT2D eigenvalue weighted by Gasteiger charge is -2.04. The van der Waals surface area contributed by atoms with Gasteiger partial charge in [-0.25, -0.2) is 18.3 Å². The van der Waals surface area contributed by atoms with E-state index in [0.29, 0.717) is 0 Å². The van der Waals surface area contributed by atoms with E-state index in [1.54, 1.807) is 0 Å². The predicted molar refractivity (Wildman–Crippen MR) is 58.8 cm³/mol. The lowest BCUT2D eigenvalue weighted by molar-refractivity contribution is -0.736. The first kappa shape index (κ1) is 12.4. The summed E-state index contributed by atoms with van der Waals surface area (Å²) in [6.07, 6.45) is 2.25. The zero-order chi connectivity index (χ0) is 13.3. The van der Waals surface area contributed by atoms with Crippen molar-refractivity contribution in [2.45, 2.75) is 0 Å². The first-order chi connectivity index (χ1) is 8.52. The van der Waals surface area contributed by atoms with Gasteiger partial charge in [-0.3, -0.25) is 0 Å². The zero-order valence-corrected chi connectivity index (χ0v) is 9.86. The second kappa shape index (κ2) is 4.69. The van der Waals surface area contributed by atoms with Crippen LogP contribution in [0, 0.1) is 16.5 Å². The SMILES string of the molecule is CO[N+](=O)c1cnn(-c2c(F)cc(Cl)cc2F)c1. The summed E-state index contributed by atoms with van der Waals surface area (Å²) in [5.74, 6) is -1.77. The van der Waals surface area contributed by atoms with Gasteiger partial charge in [-0.2, -0.15) is 5.10 Å². The van der Waals surface area contributed by atoms with Gasteiger partial charge >= 0.3 is 5.69 Å². The first-order valence-corrected chi connectivity index (χ1v) is 5.11.